The van der Waals surface area contributed by atoms with Crippen molar-refractivity contribution in [2.24, 2.45) is 0 Å². The molecule has 90 valence electrons. The lowest BCUT2D eigenvalue weighted by molar-refractivity contribution is 0.0607. The first-order valence-electron chi connectivity index (χ1n) is 5.36. The van der Waals surface area contributed by atoms with E-state index < -0.39 is 0 Å². The summed E-state index contributed by atoms with van der Waals surface area (Å²) < 4.78 is 6.63. The molecule has 2 aromatic rings. The summed E-state index contributed by atoms with van der Waals surface area (Å²) in [5.74, 6) is -0.289. The fourth-order valence-electron chi connectivity index (χ4n) is 1.71. The maximum absolute atomic E-state index is 11.7. The minimum Gasteiger partial charge on any atom is -0.465 e. The first kappa shape index (κ1) is 11.9. The van der Waals surface area contributed by atoms with Crippen molar-refractivity contribution in [3.63, 3.8) is 0 Å². The van der Waals surface area contributed by atoms with Crippen molar-refractivity contribution in [3.05, 3.63) is 28.2 Å². The predicted molar refractivity (Wildman–Crippen MR) is 67.3 cm³/mol. The maximum atomic E-state index is 11.7. The number of aryl methyl sites for hydroxylation is 2. The molecule has 4 nitrogen and oxygen atoms in total. The van der Waals surface area contributed by atoms with Gasteiger partial charge in [-0.15, -0.1) is 11.3 Å². The standard InChI is InChI=1S/C12H14N2O2S/c1-4-14-6-9(5-13-14)10-8(2)7-17-11(10)12(15)16-3/h5-7H,4H2,1-3H3. The Hall–Kier alpha value is -1.62. The Labute approximate surface area is 104 Å². The molecule has 0 saturated carbocycles. The lowest BCUT2D eigenvalue weighted by Crippen LogP contribution is -2.00. The fraction of sp³-hybridized carbons (Fsp3) is 0.333. The largest absolute Gasteiger partial charge is 0.465 e. The van der Waals surface area contributed by atoms with Crippen molar-refractivity contribution in [3.8, 4) is 11.1 Å². The number of methoxy groups -OCH3 is 1. The minimum absolute atomic E-state index is 0.289. The van der Waals surface area contributed by atoms with Crippen LogP contribution in [0.1, 0.15) is 22.2 Å². The highest BCUT2D eigenvalue weighted by Crippen LogP contribution is 2.32. The molecule has 2 heterocycles. The van der Waals surface area contributed by atoms with Crippen molar-refractivity contribution in [2.45, 2.75) is 20.4 Å². The van der Waals surface area contributed by atoms with Crippen LogP contribution in [-0.2, 0) is 11.3 Å². The molecule has 0 aliphatic carbocycles. The van der Waals surface area contributed by atoms with E-state index in [2.05, 4.69) is 5.10 Å². The van der Waals surface area contributed by atoms with Gasteiger partial charge in [0.05, 0.1) is 13.3 Å². The van der Waals surface area contributed by atoms with Crippen molar-refractivity contribution >= 4 is 17.3 Å². The van der Waals surface area contributed by atoms with Gasteiger partial charge in [-0.2, -0.15) is 5.10 Å². The van der Waals surface area contributed by atoms with Crippen LogP contribution in [0.5, 0.6) is 0 Å². The van der Waals surface area contributed by atoms with E-state index >= 15 is 0 Å². The third-order valence-electron chi connectivity index (χ3n) is 2.59. The Kier molecular flexibility index (Phi) is 3.28. The van der Waals surface area contributed by atoms with Gasteiger partial charge in [-0.05, 0) is 24.8 Å². The molecule has 0 spiro atoms. The topological polar surface area (TPSA) is 44.1 Å². The molecule has 0 radical (unpaired) electrons. The number of carbonyl (C=O) groups is 1. The highest BCUT2D eigenvalue weighted by atomic mass is 32.1. The highest BCUT2D eigenvalue weighted by Gasteiger charge is 2.18. The number of rotatable bonds is 3. The van der Waals surface area contributed by atoms with E-state index in [-0.39, 0.29) is 5.97 Å². The summed E-state index contributed by atoms with van der Waals surface area (Å²) in [6.45, 7) is 4.83. The summed E-state index contributed by atoms with van der Waals surface area (Å²) in [6, 6.07) is 0. The predicted octanol–water partition coefficient (Wildman–Crippen LogP) is 2.73. The summed E-state index contributed by atoms with van der Waals surface area (Å²) in [5.41, 5.74) is 2.97. The number of esters is 1. The molecule has 17 heavy (non-hydrogen) atoms. The number of aromatic nitrogens is 2. The van der Waals surface area contributed by atoms with Gasteiger partial charge in [0.2, 0.25) is 0 Å². The van der Waals surface area contributed by atoms with Gasteiger partial charge in [0, 0.05) is 23.9 Å². The van der Waals surface area contributed by atoms with Crippen LogP contribution in [0.2, 0.25) is 0 Å². The third kappa shape index (κ3) is 2.10. The van der Waals surface area contributed by atoms with E-state index in [4.69, 9.17) is 4.74 Å². The van der Waals surface area contributed by atoms with Crippen molar-refractivity contribution in [2.75, 3.05) is 7.11 Å². The monoisotopic (exact) mass is 250 g/mol. The Morgan fingerprint density at radius 3 is 2.94 bits per heavy atom. The molecule has 0 aliphatic rings. The third-order valence-corrected chi connectivity index (χ3v) is 3.67. The van der Waals surface area contributed by atoms with E-state index in [0.717, 1.165) is 23.2 Å². The smallest absolute Gasteiger partial charge is 0.348 e. The molecule has 0 aliphatic heterocycles. The Bertz CT molecular complexity index is 542. The number of hydrogen-bond donors (Lipinski definition) is 0. The number of thiophene rings is 1. The van der Waals surface area contributed by atoms with E-state index in [9.17, 15) is 4.79 Å². The molecular formula is C12H14N2O2S. The number of carbonyl (C=O) groups excluding carboxylic acids is 1. The molecule has 2 rings (SSSR count). The lowest BCUT2D eigenvalue weighted by atomic mass is 10.1. The summed E-state index contributed by atoms with van der Waals surface area (Å²) in [6.07, 6.45) is 3.73. The zero-order chi connectivity index (χ0) is 12.4. The SMILES string of the molecule is CCn1cc(-c2c(C)csc2C(=O)OC)cn1. The summed E-state index contributed by atoms with van der Waals surface area (Å²) in [5, 5.41) is 6.19. The van der Waals surface area contributed by atoms with Gasteiger partial charge in [-0.1, -0.05) is 0 Å². The summed E-state index contributed by atoms with van der Waals surface area (Å²) >= 11 is 1.41. The second-order valence-corrected chi connectivity index (χ2v) is 4.58. The number of hydrogen-bond acceptors (Lipinski definition) is 4. The zero-order valence-corrected chi connectivity index (χ0v) is 10.9. The van der Waals surface area contributed by atoms with E-state index in [1.165, 1.54) is 18.4 Å². The second-order valence-electron chi connectivity index (χ2n) is 3.70. The average Bonchev–Trinajstić information content (AvgIpc) is 2.93. The van der Waals surface area contributed by atoms with Gasteiger partial charge in [0.1, 0.15) is 4.88 Å². The van der Waals surface area contributed by atoms with Crippen LogP contribution in [0.25, 0.3) is 11.1 Å². The van der Waals surface area contributed by atoms with Crippen LogP contribution in [0.3, 0.4) is 0 Å². The molecule has 0 saturated heterocycles. The molecule has 0 unspecified atom stereocenters. The van der Waals surface area contributed by atoms with Crippen LogP contribution in [0.15, 0.2) is 17.8 Å². The second kappa shape index (κ2) is 4.71. The van der Waals surface area contributed by atoms with Gasteiger partial charge in [0.25, 0.3) is 0 Å². The van der Waals surface area contributed by atoms with Gasteiger partial charge in [-0.25, -0.2) is 4.79 Å². The molecular weight excluding hydrogens is 236 g/mol. The molecule has 0 N–H and O–H groups in total. The molecule has 0 fully saturated rings. The van der Waals surface area contributed by atoms with Crippen molar-refractivity contribution < 1.29 is 9.53 Å². The molecule has 0 bridgehead atoms. The molecule has 0 amide bonds. The zero-order valence-electron chi connectivity index (χ0n) is 10.1. The highest BCUT2D eigenvalue weighted by molar-refractivity contribution is 7.12. The minimum atomic E-state index is -0.289. The number of nitrogens with zero attached hydrogens (tertiary/aromatic N) is 2. The average molecular weight is 250 g/mol. The van der Waals surface area contributed by atoms with E-state index in [0.29, 0.717) is 4.88 Å². The Morgan fingerprint density at radius 1 is 1.59 bits per heavy atom. The van der Waals surface area contributed by atoms with Crippen LogP contribution in [-0.4, -0.2) is 22.9 Å². The van der Waals surface area contributed by atoms with Gasteiger partial charge in [-0.3, -0.25) is 4.68 Å². The Morgan fingerprint density at radius 2 is 2.35 bits per heavy atom. The van der Waals surface area contributed by atoms with Gasteiger partial charge >= 0.3 is 5.97 Å². The maximum Gasteiger partial charge on any atom is 0.348 e. The normalized spacial score (nSPS) is 10.5. The lowest BCUT2D eigenvalue weighted by Gasteiger charge is -2.01. The number of ether oxygens (including phenoxy) is 1. The first-order valence-corrected chi connectivity index (χ1v) is 6.24. The molecule has 5 heteroatoms. The van der Waals surface area contributed by atoms with E-state index in [1.54, 1.807) is 6.20 Å². The van der Waals surface area contributed by atoms with Gasteiger partial charge < -0.3 is 4.74 Å². The van der Waals surface area contributed by atoms with Crippen molar-refractivity contribution in [1.82, 2.24) is 9.78 Å². The quantitative estimate of drug-likeness (QED) is 0.787. The Balaban J connectivity index is 2.50. The summed E-state index contributed by atoms with van der Waals surface area (Å²) in [7, 11) is 1.40. The van der Waals surface area contributed by atoms with Gasteiger partial charge in [0.15, 0.2) is 0 Å². The molecule has 0 atom stereocenters. The molecule has 0 aromatic carbocycles. The van der Waals surface area contributed by atoms with Crippen molar-refractivity contribution in [1.29, 1.82) is 0 Å². The fourth-order valence-corrected chi connectivity index (χ4v) is 2.70. The van der Waals surface area contributed by atoms with Crippen LogP contribution >= 0.6 is 11.3 Å². The van der Waals surface area contributed by atoms with Crippen LogP contribution < -0.4 is 0 Å². The first-order chi connectivity index (χ1) is 8.17. The van der Waals surface area contributed by atoms with E-state index in [1.807, 2.05) is 30.1 Å². The molecule has 2 aromatic heterocycles. The van der Waals surface area contributed by atoms with Crippen LogP contribution in [0.4, 0.5) is 0 Å². The summed E-state index contributed by atoms with van der Waals surface area (Å²) in [4.78, 5) is 12.3. The van der Waals surface area contributed by atoms with Crippen LogP contribution in [0, 0.1) is 6.92 Å².